The maximum absolute atomic E-state index is 12.0. The molecule has 0 bridgehead atoms. The number of aromatic nitrogens is 1. The Bertz CT molecular complexity index is 829. The molecule has 2 rings (SSSR count). The molecular weight excluding hydrogens is 525 g/mol. The fourth-order valence-electron chi connectivity index (χ4n) is 2.94. The second-order valence-electron chi connectivity index (χ2n) is 7.02. The highest BCUT2D eigenvalue weighted by Gasteiger charge is 2.20. The standard InChI is InChI=1S/C22H33N5O2S.HI/c1-6-29-21(28)19-16(2)25-20(30-19)17(3)26-22(23-4)24-14-10-11-15-27(5)18-12-8-7-9-13-18;/h7-9,12-13,17H,6,10-11,14-15H2,1-5H3,(H2,23,24,26);1H. The normalized spacial score (nSPS) is 12.0. The number of halogens is 1. The van der Waals surface area contributed by atoms with Gasteiger partial charge in [0.2, 0.25) is 0 Å². The van der Waals surface area contributed by atoms with Gasteiger partial charge in [-0.3, -0.25) is 4.99 Å². The summed E-state index contributed by atoms with van der Waals surface area (Å²) in [4.78, 5) is 23.7. The third-order valence-electron chi connectivity index (χ3n) is 4.63. The molecule has 0 aliphatic heterocycles. The van der Waals surface area contributed by atoms with Crippen molar-refractivity contribution in [2.24, 2.45) is 4.99 Å². The predicted octanol–water partition coefficient (Wildman–Crippen LogP) is 4.39. The molecule has 0 amide bonds. The summed E-state index contributed by atoms with van der Waals surface area (Å²) in [5, 5.41) is 7.53. The van der Waals surface area contributed by atoms with E-state index < -0.39 is 0 Å². The molecule has 31 heavy (non-hydrogen) atoms. The number of aliphatic imine (C=N–C) groups is 1. The number of unbranched alkanes of at least 4 members (excludes halogenated alkanes) is 1. The number of ether oxygens (including phenoxy) is 1. The van der Waals surface area contributed by atoms with Crippen LogP contribution in [-0.4, -0.2) is 50.7 Å². The van der Waals surface area contributed by atoms with Gasteiger partial charge in [-0.1, -0.05) is 18.2 Å². The molecule has 1 aromatic carbocycles. The van der Waals surface area contributed by atoms with E-state index >= 15 is 0 Å². The van der Waals surface area contributed by atoms with E-state index in [0.29, 0.717) is 17.2 Å². The van der Waals surface area contributed by atoms with E-state index in [9.17, 15) is 4.79 Å². The predicted molar refractivity (Wildman–Crippen MR) is 140 cm³/mol. The number of aryl methyl sites for hydroxylation is 1. The summed E-state index contributed by atoms with van der Waals surface area (Å²) in [6, 6.07) is 10.3. The minimum Gasteiger partial charge on any atom is -0.462 e. The first-order valence-electron chi connectivity index (χ1n) is 10.3. The number of anilines is 1. The van der Waals surface area contributed by atoms with Crippen LogP contribution in [0, 0.1) is 6.92 Å². The number of nitrogens with zero attached hydrogens (tertiary/aromatic N) is 3. The van der Waals surface area contributed by atoms with Gasteiger partial charge in [-0.25, -0.2) is 9.78 Å². The first-order valence-corrected chi connectivity index (χ1v) is 11.2. The van der Waals surface area contributed by atoms with Gasteiger partial charge in [0.05, 0.1) is 18.3 Å². The van der Waals surface area contributed by atoms with Gasteiger partial charge in [-0.15, -0.1) is 35.3 Å². The fraction of sp³-hybridized carbons (Fsp3) is 0.500. The molecule has 1 heterocycles. The summed E-state index contributed by atoms with van der Waals surface area (Å²) in [5.41, 5.74) is 1.94. The summed E-state index contributed by atoms with van der Waals surface area (Å²) in [7, 11) is 3.87. The third-order valence-corrected chi connectivity index (χ3v) is 5.95. The van der Waals surface area contributed by atoms with Crippen LogP contribution < -0.4 is 15.5 Å². The van der Waals surface area contributed by atoms with Crippen LogP contribution in [0.15, 0.2) is 35.3 Å². The number of para-hydroxylation sites is 1. The molecule has 0 radical (unpaired) electrons. The zero-order valence-corrected chi connectivity index (χ0v) is 22.1. The first kappa shape index (κ1) is 27.2. The molecule has 9 heteroatoms. The van der Waals surface area contributed by atoms with E-state index in [-0.39, 0.29) is 36.0 Å². The number of benzene rings is 1. The molecule has 0 aliphatic rings. The number of guanidine groups is 1. The molecule has 1 atom stereocenters. The molecule has 0 saturated carbocycles. The SMILES string of the molecule is CCOC(=O)c1sc(C(C)NC(=NC)NCCCCN(C)c2ccccc2)nc1C.I. The highest BCUT2D eigenvalue weighted by atomic mass is 127. The molecule has 0 aliphatic carbocycles. The van der Waals surface area contributed by atoms with E-state index in [2.05, 4.69) is 56.8 Å². The van der Waals surface area contributed by atoms with Gasteiger partial charge in [0.1, 0.15) is 9.88 Å². The average molecular weight is 560 g/mol. The fourth-order valence-corrected chi connectivity index (χ4v) is 3.91. The molecule has 2 aromatic rings. The number of esters is 1. The molecule has 0 fully saturated rings. The lowest BCUT2D eigenvalue weighted by Crippen LogP contribution is -2.39. The largest absolute Gasteiger partial charge is 0.462 e. The second-order valence-corrected chi connectivity index (χ2v) is 8.05. The number of hydrogen-bond acceptors (Lipinski definition) is 6. The number of carbonyl (C=O) groups excluding carboxylic acids is 1. The molecule has 0 spiro atoms. The van der Waals surface area contributed by atoms with Gasteiger partial charge in [0.25, 0.3) is 0 Å². The van der Waals surface area contributed by atoms with Crippen molar-refractivity contribution in [3.05, 3.63) is 45.9 Å². The van der Waals surface area contributed by atoms with Crippen molar-refractivity contribution in [3.63, 3.8) is 0 Å². The molecule has 172 valence electrons. The zero-order valence-electron chi connectivity index (χ0n) is 19.0. The first-order chi connectivity index (χ1) is 14.5. The smallest absolute Gasteiger partial charge is 0.350 e. The van der Waals surface area contributed by atoms with Gasteiger partial charge in [-0.2, -0.15) is 0 Å². The Morgan fingerprint density at radius 3 is 2.65 bits per heavy atom. The van der Waals surface area contributed by atoms with Crippen molar-refractivity contribution < 1.29 is 9.53 Å². The van der Waals surface area contributed by atoms with Crippen LogP contribution in [0.5, 0.6) is 0 Å². The van der Waals surface area contributed by atoms with Crippen molar-refractivity contribution in [2.75, 3.05) is 38.7 Å². The molecular formula is C22H34IN5O2S. The van der Waals surface area contributed by atoms with Crippen molar-refractivity contribution in [2.45, 2.75) is 39.7 Å². The van der Waals surface area contributed by atoms with Crippen molar-refractivity contribution >= 4 is 52.9 Å². The van der Waals surface area contributed by atoms with Gasteiger partial charge in [0.15, 0.2) is 5.96 Å². The highest BCUT2D eigenvalue weighted by molar-refractivity contribution is 14.0. The number of rotatable bonds is 10. The van der Waals surface area contributed by atoms with Crippen molar-refractivity contribution in [1.29, 1.82) is 0 Å². The van der Waals surface area contributed by atoms with E-state index in [1.54, 1.807) is 14.0 Å². The van der Waals surface area contributed by atoms with E-state index in [4.69, 9.17) is 4.74 Å². The van der Waals surface area contributed by atoms with Crippen LogP contribution in [0.3, 0.4) is 0 Å². The second kappa shape index (κ2) is 14.2. The van der Waals surface area contributed by atoms with Gasteiger partial charge in [0, 0.05) is 32.9 Å². The number of thiazole rings is 1. The Morgan fingerprint density at radius 2 is 2.00 bits per heavy atom. The van der Waals surface area contributed by atoms with Gasteiger partial charge < -0.3 is 20.3 Å². The zero-order chi connectivity index (χ0) is 21.9. The Morgan fingerprint density at radius 1 is 1.29 bits per heavy atom. The lowest BCUT2D eigenvalue weighted by molar-refractivity contribution is 0.0531. The molecule has 1 aromatic heterocycles. The monoisotopic (exact) mass is 559 g/mol. The Balaban J connectivity index is 0.00000480. The van der Waals surface area contributed by atoms with E-state index in [1.807, 2.05) is 19.9 Å². The van der Waals surface area contributed by atoms with Crippen LogP contribution in [0.1, 0.15) is 53.1 Å². The topological polar surface area (TPSA) is 78.8 Å². The van der Waals surface area contributed by atoms with Gasteiger partial charge >= 0.3 is 5.97 Å². The number of carbonyl (C=O) groups is 1. The summed E-state index contributed by atoms with van der Waals surface area (Å²) in [6.07, 6.45) is 2.12. The van der Waals surface area contributed by atoms with E-state index in [0.717, 1.165) is 36.9 Å². The van der Waals surface area contributed by atoms with Crippen LogP contribution >= 0.6 is 35.3 Å². The quantitative estimate of drug-likeness (QED) is 0.148. The lowest BCUT2D eigenvalue weighted by Gasteiger charge is -2.19. The Kier molecular flexibility index (Phi) is 12.5. The van der Waals surface area contributed by atoms with Crippen LogP contribution in [0.4, 0.5) is 5.69 Å². The maximum Gasteiger partial charge on any atom is 0.350 e. The van der Waals surface area contributed by atoms with Crippen molar-refractivity contribution in [1.82, 2.24) is 15.6 Å². The minimum absolute atomic E-state index is 0. The van der Waals surface area contributed by atoms with Crippen LogP contribution in [0.25, 0.3) is 0 Å². The summed E-state index contributed by atoms with van der Waals surface area (Å²) < 4.78 is 5.10. The third kappa shape index (κ3) is 8.64. The lowest BCUT2D eigenvalue weighted by atomic mass is 10.2. The molecule has 7 nitrogen and oxygen atoms in total. The minimum atomic E-state index is -0.311. The summed E-state index contributed by atoms with van der Waals surface area (Å²) in [5.74, 6) is 0.415. The van der Waals surface area contributed by atoms with Crippen molar-refractivity contribution in [3.8, 4) is 0 Å². The Labute approximate surface area is 206 Å². The van der Waals surface area contributed by atoms with Gasteiger partial charge in [-0.05, 0) is 45.7 Å². The molecule has 2 N–H and O–H groups in total. The summed E-state index contributed by atoms with van der Waals surface area (Å²) in [6.45, 7) is 7.84. The highest BCUT2D eigenvalue weighted by Crippen LogP contribution is 2.24. The van der Waals surface area contributed by atoms with Crippen LogP contribution in [0.2, 0.25) is 0 Å². The Hall–Kier alpha value is -1.88. The number of hydrogen-bond donors (Lipinski definition) is 2. The molecule has 0 saturated heterocycles. The van der Waals surface area contributed by atoms with E-state index in [1.165, 1.54) is 17.0 Å². The molecule has 1 unspecified atom stereocenters. The number of nitrogens with one attached hydrogen (secondary N) is 2. The maximum atomic E-state index is 12.0. The van der Waals surface area contributed by atoms with Crippen LogP contribution in [-0.2, 0) is 4.74 Å². The summed E-state index contributed by atoms with van der Waals surface area (Å²) >= 11 is 1.36. The average Bonchev–Trinajstić information content (AvgIpc) is 3.15.